The zero-order valence-corrected chi connectivity index (χ0v) is 14.1. The number of allylic oxidation sites excluding steroid dienone is 3. The number of carbonyl (C=O) groups is 1. The molecule has 4 nitrogen and oxygen atoms in total. The first-order valence-electron chi connectivity index (χ1n) is 6.72. The van der Waals surface area contributed by atoms with Gasteiger partial charge in [-0.1, -0.05) is 29.5 Å². The molecular formula is C15H21IN2O2. The molecule has 110 valence electrons. The van der Waals surface area contributed by atoms with Crippen molar-refractivity contribution in [2.45, 2.75) is 26.2 Å². The first kappa shape index (κ1) is 16.9. The predicted octanol–water partition coefficient (Wildman–Crippen LogP) is 3.41. The molecule has 5 heteroatoms. The summed E-state index contributed by atoms with van der Waals surface area (Å²) in [5.74, 6) is 0.0928. The Labute approximate surface area is 134 Å². The average molecular weight is 388 g/mol. The van der Waals surface area contributed by atoms with Crippen LogP contribution in [0.2, 0.25) is 0 Å². The van der Waals surface area contributed by atoms with Gasteiger partial charge in [0.1, 0.15) is 5.76 Å². The van der Waals surface area contributed by atoms with Crippen LogP contribution in [0.3, 0.4) is 0 Å². The van der Waals surface area contributed by atoms with Gasteiger partial charge in [-0.3, -0.25) is 9.79 Å². The van der Waals surface area contributed by atoms with Gasteiger partial charge >= 0.3 is 0 Å². The molecule has 1 aliphatic heterocycles. The van der Waals surface area contributed by atoms with Crippen molar-refractivity contribution in [3.05, 3.63) is 35.4 Å². The molecule has 1 aliphatic rings. The number of alkyl halides is 1. The van der Waals surface area contributed by atoms with Crippen LogP contribution in [-0.4, -0.2) is 40.0 Å². The third kappa shape index (κ3) is 5.48. The van der Waals surface area contributed by atoms with E-state index < -0.39 is 0 Å². The average Bonchev–Trinajstić information content (AvgIpc) is 2.42. The minimum absolute atomic E-state index is 0.0453. The summed E-state index contributed by atoms with van der Waals surface area (Å²) in [5.41, 5.74) is 1.16. The summed E-state index contributed by atoms with van der Waals surface area (Å²) in [7, 11) is 1.98. The van der Waals surface area contributed by atoms with Crippen LogP contribution in [0, 0.1) is 0 Å². The number of aliphatic hydroxyl groups is 1. The number of ketones is 1. The lowest BCUT2D eigenvalue weighted by Gasteiger charge is -2.15. The van der Waals surface area contributed by atoms with Crippen LogP contribution >= 0.6 is 22.6 Å². The van der Waals surface area contributed by atoms with E-state index in [1.807, 2.05) is 37.2 Å². The van der Waals surface area contributed by atoms with E-state index in [4.69, 9.17) is 0 Å². The fourth-order valence-corrected chi connectivity index (χ4v) is 2.21. The van der Waals surface area contributed by atoms with E-state index in [0.29, 0.717) is 18.4 Å². The van der Waals surface area contributed by atoms with E-state index in [-0.39, 0.29) is 11.5 Å². The van der Waals surface area contributed by atoms with Crippen LogP contribution in [0.25, 0.3) is 0 Å². The molecule has 1 rings (SSSR count). The molecule has 20 heavy (non-hydrogen) atoms. The summed E-state index contributed by atoms with van der Waals surface area (Å²) in [5, 5.41) is 9.99. The fraction of sp³-hybridized carbons (Fsp3) is 0.467. The quantitative estimate of drug-likeness (QED) is 0.239. The zero-order valence-electron chi connectivity index (χ0n) is 12.0. The summed E-state index contributed by atoms with van der Waals surface area (Å²) < 4.78 is 0.772. The Morgan fingerprint density at radius 2 is 2.30 bits per heavy atom. The number of likely N-dealkylation sites (N-methyl/N-ethyl adjacent to an activating group) is 1. The Balaban J connectivity index is 2.87. The molecule has 0 amide bonds. The molecule has 0 atom stereocenters. The lowest BCUT2D eigenvalue weighted by Crippen LogP contribution is -2.13. The van der Waals surface area contributed by atoms with Crippen molar-refractivity contribution in [1.82, 2.24) is 4.90 Å². The molecule has 0 aromatic heterocycles. The Bertz CT molecular complexity index is 464. The molecule has 0 saturated heterocycles. The van der Waals surface area contributed by atoms with Gasteiger partial charge in [0.25, 0.3) is 0 Å². The van der Waals surface area contributed by atoms with Crippen LogP contribution in [0.1, 0.15) is 26.2 Å². The van der Waals surface area contributed by atoms with E-state index in [9.17, 15) is 9.90 Å². The zero-order chi connectivity index (χ0) is 15.0. The van der Waals surface area contributed by atoms with Crippen molar-refractivity contribution in [2.24, 2.45) is 4.99 Å². The molecule has 0 spiro atoms. The molecule has 0 saturated carbocycles. The number of rotatable bonds is 7. The first-order chi connectivity index (χ1) is 9.58. The standard InChI is InChI=1S/C15H21IN2O2/c1-3-4-14(19)13(15(20)5-8-16)11-17-12-6-9-18(2)10-7-12/h6-7,9,11,20H,3-5,8,10H2,1-2H3. The number of aliphatic imine (C=N–C) groups is 1. The third-order valence-corrected chi connectivity index (χ3v) is 3.39. The second-order valence-electron chi connectivity index (χ2n) is 4.62. The number of hydrogen-bond acceptors (Lipinski definition) is 4. The van der Waals surface area contributed by atoms with E-state index in [0.717, 1.165) is 23.1 Å². The van der Waals surface area contributed by atoms with E-state index in [2.05, 4.69) is 27.6 Å². The van der Waals surface area contributed by atoms with Gasteiger partial charge in [-0.05, 0) is 18.6 Å². The maximum atomic E-state index is 12.0. The molecule has 0 bridgehead atoms. The Hall–Kier alpha value is -1.11. The minimum atomic E-state index is -0.0453. The molecule has 1 heterocycles. The van der Waals surface area contributed by atoms with Gasteiger partial charge < -0.3 is 10.0 Å². The molecule has 0 fully saturated rings. The molecule has 0 aliphatic carbocycles. The fourth-order valence-electron chi connectivity index (χ4n) is 1.70. The number of halogens is 1. The topological polar surface area (TPSA) is 52.9 Å². The highest BCUT2D eigenvalue weighted by Gasteiger charge is 2.12. The summed E-state index contributed by atoms with van der Waals surface area (Å²) >= 11 is 2.18. The second kappa shape index (κ2) is 8.94. The SMILES string of the molecule is CCCC(=O)C(C=NC1=CCN(C)C=C1)=C(O)CCI. The highest BCUT2D eigenvalue weighted by molar-refractivity contribution is 14.1. The maximum Gasteiger partial charge on any atom is 0.167 e. The van der Waals surface area contributed by atoms with E-state index in [1.54, 1.807) is 0 Å². The number of aliphatic hydroxyl groups excluding tert-OH is 1. The molecule has 0 unspecified atom stereocenters. The largest absolute Gasteiger partial charge is 0.511 e. The van der Waals surface area contributed by atoms with Crippen molar-refractivity contribution in [3.8, 4) is 0 Å². The van der Waals surface area contributed by atoms with Gasteiger partial charge in [0.2, 0.25) is 0 Å². The molecule has 0 aromatic carbocycles. The molecular weight excluding hydrogens is 367 g/mol. The van der Waals surface area contributed by atoms with Gasteiger partial charge in [0, 0.05) is 43.3 Å². The summed E-state index contributed by atoms with van der Waals surface area (Å²) in [4.78, 5) is 18.4. The number of nitrogens with zero attached hydrogens (tertiary/aromatic N) is 2. The van der Waals surface area contributed by atoms with Crippen LogP contribution in [0.15, 0.2) is 40.4 Å². The Morgan fingerprint density at radius 3 is 2.85 bits per heavy atom. The van der Waals surface area contributed by atoms with Crippen LogP contribution in [0.5, 0.6) is 0 Å². The van der Waals surface area contributed by atoms with Gasteiger partial charge in [-0.15, -0.1) is 0 Å². The monoisotopic (exact) mass is 388 g/mol. The highest BCUT2D eigenvalue weighted by Crippen LogP contribution is 2.12. The van der Waals surface area contributed by atoms with Gasteiger partial charge in [0.05, 0.1) is 11.3 Å². The second-order valence-corrected chi connectivity index (χ2v) is 5.69. The van der Waals surface area contributed by atoms with Crippen molar-refractivity contribution < 1.29 is 9.90 Å². The number of Topliss-reactive ketones (excluding diaryl/α,β-unsaturated/α-hetero) is 1. The van der Waals surface area contributed by atoms with Crippen molar-refractivity contribution in [1.29, 1.82) is 0 Å². The van der Waals surface area contributed by atoms with E-state index >= 15 is 0 Å². The third-order valence-electron chi connectivity index (χ3n) is 2.85. The molecule has 1 N–H and O–H groups in total. The molecule has 0 radical (unpaired) electrons. The van der Waals surface area contributed by atoms with Crippen LogP contribution in [0.4, 0.5) is 0 Å². The number of carbonyl (C=O) groups excluding carboxylic acids is 1. The normalized spacial score (nSPS) is 16.4. The van der Waals surface area contributed by atoms with Gasteiger partial charge in [-0.2, -0.15) is 0 Å². The lowest BCUT2D eigenvalue weighted by molar-refractivity contribution is -0.115. The molecule has 0 aromatic rings. The van der Waals surface area contributed by atoms with E-state index in [1.165, 1.54) is 6.21 Å². The van der Waals surface area contributed by atoms with Crippen LogP contribution < -0.4 is 0 Å². The summed E-state index contributed by atoms with van der Waals surface area (Å²) in [6.45, 7) is 2.75. The number of hydrogen-bond donors (Lipinski definition) is 1. The highest BCUT2D eigenvalue weighted by atomic mass is 127. The predicted molar refractivity (Wildman–Crippen MR) is 91.4 cm³/mol. The van der Waals surface area contributed by atoms with Crippen molar-refractivity contribution >= 4 is 34.6 Å². The Kier molecular flexibility index (Phi) is 7.58. The van der Waals surface area contributed by atoms with Crippen molar-refractivity contribution in [2.75, 3.05) is 18.0 Å². The Morgan fingerprint density at radius 1 is 1.55 bits per heavy atom. The lowest BCUT2D eigenvalue weighted by atomic mass is 10.1. The smallest absolute Gasteiger partial charge is 0.167 e. The van der Waals surface area contributed by atoms with Gasteiger partial charge in [0.15, 0.2) is 5.78 Å². The van der Waals surface area contributed by atoms with Gasteiger partial charge in [-0.25, -0.2) is 0 Å². The maximum absolute atomic E-state index is 12.0. The summed E-state index contributed by atoms with van der Waals surface area (Å²) in [6, 6.07) is 0. The first-order valence-corrected chi connectivity index (χ1v) is 8.25. The summed E-state index contributed by atoms with van der Waals surface area (Å²) in [6.07, 6.45) is 9.00. The van der Waals surface area contributed by atoms with Crippen LogP contribution in [-0.2, 0) is 4.79 Å². The minimum Gasteiger partial charge on any atom is -0.511 e. The van der Waals surface area contributed by atoms with Crippen molar-refractivity contribution in [3.63, 3.8) is 0 Å².